The van der Waals surface area contributed by atoms with Crippen molar-refractivity contribution in [3.8, 4) is 0 Å². The average molecular weight is 576 g/mol. The minimum Gasteiger partial charge on any atom is -0.378 e. The standard InChI is InChI=1S/C31H34ClN5O4/c1-3-20-9-10-22-17-24(31(40)36-27(22)35-28(20)37-13-15-41-16-14-37)30(39)34-26-18-23(11-12-25(26)32)29(38)33-19(2)21-7-5-4-6-8-21/h4-8,10-12,18-19,24H,3,9,13-17H2,1-2H3,(H,33,38)(H,34,39)(H,35,36,40). The summed E-state index contributed by atoms with van der Waals surface area (Å²) in [6, 6.07) is 14.1. The number of piperidine rings is 1. The van der Waals surface area contributed by atoms with Crippen LogP contribution in [0.2, 0.25) is 5.02 Å². The first kappa shape index (κ1) is 28.6. The third kappa shape index (κ3) is 6.52. The lowest BCUT2D eigenvalue weighted by Gasteiger charge is -2.31. The van der Waals surface area contributed by atoms with Gasteiger partial charge in [-0.2, -0.15) is 0 Å². The predicted molar refractivity (Wildman–Crippen MR) is 158 cm³/mol. The molecular formula is C31H34ClN5O4. The van der Waals surface area contributed by atoms with Crippen LogP contribution in [-0.4, -0.2) is 54.8 Å². The molecule has 3 heterocycles. The summed E-state index contributed by atoms with van der Waals surface area (Å²) in [5.41, 5.74) is 3.59. The number of carbonyl (C=O) groups is 3. The molecule has 3 amide bonds. The van der Waals surface area contributed by atoms with Gasteiger partial charge in [-0.05, 0) is 61.1 Å². The van der Waals surface area contributed by atoms with Gasteiger partial charge in [-0.15, -0.1) is 0 Å². The fourth-order valence-corrected chi connectivity index (χ4v) is 5.33. The summed E-state index contributed by atoms with van der Waals surface area (Å²) >= 11 is 6.38. The van der Waals surface area contributed by atoms with E-state index in [-0.39, 0.29) is 29.1 Å². The second kappa shape index (κ2) is 12.7. The van der Waals surface area contributed by atoms with Crippen LogP contribution in [0.5, 0.6) is 0 Å². The van der Waals surface area contributed by atoms with Crippen LogP contribution in [0.3, 0.4) is 0 Å². The van der Waals surface area contributed by atoms with Gasteiger partial charge in [0.25, 0.3) is 5.91 Å². The molecule has 2 aromatic rings. The first-order valence-corrected chi connectivity index (χ1v) is 14.3. The Kier molecular flexibility index (Phi) is 8.85. The van der Waals surface area contributed by atoms with E-state index in [9.17, 15) is 14.4 Å². The monoisotopic (exact) mass is 575 g/mol. The number of carbonyl (C=O) groups excluding carboxylic acids is 3. The van der Waals surface area contributed by atoms with Gasteiger partial charge in [0.2, 0.25) is 11.8 Å². The number of allylic oxidation sites excluding steroid dienone is 2. The van der Waals surface area contributed by atoms with Crippen LogP contribution in [0.15, 0.2) is 76.6 Å². The number of hydrogen-bond acceptors (Lipinski definition) is 6. The Balaban J connectivity index is 1.28. The Bertz CT molecular complexity index is 1430. The molecule has 0 aliphatic carbocycles. The van der Waals surface area contributed by atoms with Crippen LogP contribution in [0, 0.1) is 5.92 Å². The molecule has 3 N–H and O–H groups in total. The third-order valence-corrected chi connectivity index (χ3v) is 7.93. The molecule has 5 rings (SSSR count). The highest BCUT2D eigenvalue weighted by molar-refractivity contribution is 6.34. The van der Waals surface area contributed by atoms with Crippen LogP contribution in [0.4, 0.5) is 5.69 Å². The van der Waals surface area contributed by atoms with Crippen LogP contribution < -0.4 is 16.0 Å². The first-order valence-electron chi connectivity index (χ1n) is 13.9. The zero-order chi connectivity index (χ0) is 28.9. The number of rotatable bonds is 7. The Hall–Kier alpha value is -3.95. The lowest BCUT2D eigenvalue weighted by atomic mass is 9.91. The molecule has 0 spiro atoms. The molecule has 0 saturated carbocycles. The van der Waals surface area contributed by atoms with Crippen LogP contribution in [-0.2, 0) is 14.3 Å². The highest BCUT2D eigenvalue weighted by atomic mass is 35.5. The maximum Gasteiger partial charge on any atom is 0.251 e. The normalized spacial score (nSPS) is 19.7. The Labute approximate surface area is 244 Å². The molecular weight excluding hydrogens is 542 g/mol. The van der Waals surface area contributed by atoms with Crippen molar-refractivity contribution in [1.29, 1.82) is 0 Å². The number of morpholine rings is 1. The Morgan fingerprint density at radius 1 is 1.17 bits per heavy atom. The fraction of sp³-hybridized carbons (Fsp3) is 0.355. The quantitative estimate of drug-likeness (QED) is 0.418. The van der Waals surface area contributed by atoms with Gasteiger partial charge in [0, 0.05) is 18.7 Å². The topological polar surface area (TPSA) is 112 Å². The molecule has 3 aliphatic rings. The number of nitrogens with zero attached hydrogens (tertiary/aromatic N) is 2. The van der Waals surface area contributed by atoms with Crippen molar-refractivity contribution in [1.82, 2.24) is 15.5 Å². The van der Waals surface area contributed by atoms with Gasteiger partial charge in [0.1, 0.15) is 17.6 Å². The summed E-state index contributed by atoms with van der Waals surface area (Å²) in [6.45, 7) is 6.75. The van der Waals surface area contributed by atoms with Crippen LogP contribution >= 0.6 is 11.6 Å². The highest BCUT2D eigenvalue weighted by Crippen LogP contribution is 2.30. The first-order chi connectivity index (χ1) is 19.8. The molecule has 41 heavy (non-hydrogen) atoms. The minimum atomic E-state index is -0.970. The van der Waals surface area contributed by atoms with Crippen molar-refractivity contribution in [3.05, 3.63) is 87.7 Å². The average Bonchev–Trinajstić information content (AvgIpc) is 3.17. The van der Waals surface area contributed by atoms with Crippen LogP contribution in [0.1, 0.15) is 55.1 Å². The number of anilines is 1. The molecule has 9 nitrogen and oxygen atoms in total. The minimum absolute atomic E-state index is 0.210. The highest BCUT2D eigenvalue weighted by Gasteiger charge is 2.36. The van der Waals surface area contributed by atoms with Gasteiger partial charge in [-0.1, -0.05) is 54.9 Å². The van der Waals surface area contributed by atoms with E-state index >= 15 is 0 Å². The second-order valence-electron chi connectivity index (χ2n) is 10.3. The van der Waals surface area contributed by atoms with Gasteiger partial charge in [0.05, 0.1) is 30.0 Å². The van der Waals surface area contributed by atoms with E-state index in [0.717, 1.165) is 36.5 Å². The zero-order valence-corrected chi connectivity index (χ0v) is 24.0. The summed E-state index contributed by atoms with van der Waals surface area (Å²) in [6.07, 6.45) is 3.80. The van der Waals surface area contributed by atoms with E-state index in [1.165, 1.54) is 11.6 Å². The largest absolute Gasteiger partial charge is 0.378 e. The smallest absolute Gasteiger partial charge is 0.251 e. The predicted octanol–water partition coefficient (Wildman–Crippen LogP) is 4.59. The molecule has 0 aromatic heterocycles. The number of nitrogens with one attached hydrogen (secondary N) is 3. The van der Waals surface area contributed by atoms with E-state index in [1.54, 1.807) is 12.1 Å². The van der Waals surface area contributed by atoms with Gasteiger partial charge < -0.3 is 25.6 Å². The SMILES string of the molecule is CCC1=C(N2CCOCC2)N=C2NC(=O)C(C(=O)Nc3cc(C(=O)NC(C)c4ccccc4)ccc3Cl)CC2=CC1. The molecule has 2 atom stereocenters. The number of hydrogen-bond donors (Lipinski definition) is 3. The summed E-state index contributed by atoms with van der Waals surface area (Å²) in [5, 5.41) is 8.86. The maximum absolute atomic E-state index is 13.3. The molecule has 2 unspecified atom stereocenters. The zero-order valence-electron chi connectivity index (χ0n) is 23.2. The summed E-state index contributed by atoms with van der Waals surface area (Å²) < 4.78 is 5.50. The van der Waals surface area contributed by atoms with E-state index < -0.39 is 17.7 Å². The molecule has 2 fully saturated rings. The number of fused-ring (bicyclic) bond motifs is 1. The third-order valence-electron chi connectivity index (χ3n) is 7.60. The lowest BCUT2D eigenvalue weighted by molar-refractivity contribution is -0.131. The number of amidine groups is 1. The Morgan fingerprint density at radius 3 is 2.66 bits per heavy atom. The summed E-state index contributed by atoms with van der Waals surface area (Å²) in [4.78, 5) is 46.5. The van der Waals surface area contributed by atoms with E-state index in [4.69, 9.17) is 21.3 Å². The van der Waals surface area contributed by atoms with Crippen molar-refractivity contribution in [2.24, 2.45) is 10.9 Å². The fourth-order valence-electron chi connectivity index (χ4n) is 5.17. The number of ether oxygens (including phenoxy) is 1. The molecule has 2 saturated heterocycles. The van der Waals surface area contributed by atoms with Crippen molar-refractivity contribution < 1.29 is 19.1 Å². The van der Waals surface area contributed by atoms with E-state index in [0.29, 0.717) is 31.0 Å². The maximum atomic E-state index is 13.3. The van der Waals surface area contributed by atoms with Crippen molar-refractivity contribution in [2.75, 3.05) is 31.6 Å². The van der Waals surface area contributed by atoms with Crippen molar-refractivity contribution in [3.63, 3.8) is 0 Å². The Morgan fingerprint density at radius 2 is 1.93 bits per heavy atom. The van der Waals surface area contributed by atoms with Gasteiger partial charge in [-0.25, -0.2) is 4.99 Å². The second-order valence-corrected chi connectivity index (χ2v) is 10.7. The molecule has 10 heteroatoms. The van der Waals surface area contributed by atoms with Crippen LogP contribution in [0.25, 0.3) is 0 Å². The molecule has 214 valence electrons. The van der Waals surface area contributed by atoms with Crippen molar-refractivity contribution in [2.45, 2.75) is 39.2 Å². The number of halogens is 1. The summed E-state index contributed by atoms with van der Waals surface area (Å²) in [5.74, 6) is -0.829. The lowest BCUT2D eigenvalue weighted by Crippen LogP contribution is -2.47. The number of amides is 3. The van der Waals surface area contributed by atoms with Crippen molar-refractivity contribution >= 4 is 40.8 Å². The van der Waals surface area contributed by atoms with E-state index in [1.807, 2.05) is 37.3 Å². The van der Waals surface area contributed by atoms with Gasteiger partial charge >= 0.3 is 0 Å². The molecule has 0 radical (unpaired) electrons. The van der Waals surface area contributed by atoms with Gasteiger partial charge in [-0.3, -0.25) is 14.4 Å². The molecule has 0 bridgehead atoms. The molecule has 2 aromatic carbocycles. The van der Waals surface area contributed by atoms with E-state index in [2.05, 4.69) is 33.9 Å². The number of benzene rings is 2. The summed E-state index contributed by atoms with van der Waals surface area (Å²) in [7, 11) is 0. The molecule has 3 aliphatic heterocycles. The number of aliphatic imine (C=N–C) groups is 1. The van der Waals surface area contributed by atoms with Gasteiger partial charge in [0.15, 0.2) is 0 Å².